The van der Waals surface area contributed by atoms with Crippen molar-refractivity contribution in [2.75, 3.05) is 18.0 Å². The van der Waals surface area contributed by atoms with E-state index in [1.54, 1.807) is 24.3 Å². The number of fused-ring (bicyclic) bond motifs is 1. The van der Waals surface area contributed by atoms with Crippen LogP contribution in [-0.4, -0.2) is 34.6 Å². The summed E-state index contributed by atoms with van der Waals surface area (Å²) in [5.41, 5.74) is 0.198. The molecule has 1 aromatic carbocycles. The molecule has 3 heterocycles. The molecule has 1 N–H and O–H groups in total. The fourth-order valence-corrected chi connectivity index (χ4v) is 3.57. The van der Waals surface area contributed by atoms with Gasteiger partial charge in [-0.25, -0.2) is 9.78 Å². The minimum absolute atomic E-state index is 0.0861. The molecular formula is C20H19F3N4O3. The molecule has 30 heavy (non-hydrogen) atoms. The average molecular weight is 420 g/mol. The zero-order chi connectivity index (χ0) is 21.3. The number of oxazole rings is 1. The van der Waals surface area contributed by atoms with Crippen LogP contribution in [0.1, 0.15) is 18.4 Å². The van der Waals surface area contributed by atoms with Gasteiger partial charge in [0.25, 0.3) is 0 Å². The number of alkyl halides is 3. The van der Waals surface area contributed by atoms with Gasteiger partial charge < -0.3 is 14.6 Å². The first-order chi connectivity index (χ1) is 14.3. The number of rotatable bonds is 4. The molecule has 0 spiro atoms. The summed E-state index contributed by atoms with van der Waals surface area (Å²) in [6.07, 6.45) is -2.34. The van der Waals surface area contributed by atoms with Gasteiger partial charge in [0, 0.05) is 25.3 Å². The van der Waals surface area contributed by atoms with Gasteiger partial charge in [-0.1, -0.05) is 12.1 Å². The molecule has 0 aliphatic carbocycles. The number of benzene rings is 1. The highest BCUT2D eigenvalue weighted by molar-refractivity contribution is 5.79. The van der Waals surface area contributed by atoms with E-state index in [0.29, 0.717) is 42.8 Å². The van der Waals surface area contributed by atoms with Crippen molar-refractivity contribution < 1.29 is 22.4 Å². The molecule has 7 nitrogen and oxygen atoms in total. The lowest BCUT2D eigenvalue weighted by Gasteiger charge is -2.33. The van der Waals surface area contributed by atoms with Crippen LogP contribution in [0.5, 0.6) is 0 Å². The zero-order valence-corrected chi connectivity index (χ0v) is 15.9. The number of nitrogens with zero attached hydrogens (tertiary/aromatic N) is 3. The molecule has 158 valence electrons. The number of para-hydroxylation sites is 2. The monoisotopic (exact) mass is 420 g/mol. The highest BCUT2D eigenvalue weighted by Gasteiger charge is 2.31. The van der Waals surface area contributed by atoms with E-state index in [-0.39, 0.29) is 18.5 Å². The summed E-state index contributed by atoms with van der Waals surface area (Å²) in [6.45, 7) is 0.965. The van der Waals surface area contributed by atoms with Gasteiger partial charge >= 0.3 is 11.9 Å². The molecule has 10 heteroatoms. The average Bonchev–Trinajstić information content (AvgIpc) is 3.03. The number of aromatic nitrogens is 2. The van der Waals surface area contributed by atoms with E-state index < -0.39 is 17.5 Å². The Kier molecular flexibility index (Phi) is 5.23. The Morgan fingerprint density at radius 3 is 2.57 bits per heavy atom. The second-order valence-electron chi connectivity index (χ2n) is 7.15. The van der Waals surface area contributed by atoms with Gasteiger partial charge in [0.1, 0.15) is 12.4 Å². The fourth-order valence-electron chi connectivity index (χ4n) is 3.57. The minimum atomic E-state index is -4.41. The number of carbonyl (C=O) groups is 1. The summed E-state index contributed by atoms with van der Waals surface area (Å²) < 4.78 is 44.4. The Hall–Kier alpha value is -3.30. The minimum Gasteiger partial charge on any atom is -0.408 e. The molecule has 4 rings (SSSR count). The van der Waals surface area contributed by atoms with Crippen molar-refractivity contribution in [1.82, 2.24) is 14.9 Å². The van der Waals surface area contributed by atoms with Crippen LogP contribution in [0.25, 0.3) is 11.1 Å². The number of pyridine rings is 1. The maximum absolute atomic E-state index is 12.7. The highest BCUT2D eigenvalue weighted by atomic mass is 19.4. The van der Waals surface area contributed by atoms with E-state index in [2.05, 4.69) is 10.3 Å². The summed E-state index contributed by atoms with van der Waals surface area (Å²) in [7, 11) is 0. The summed E-state index contributed by atoms with van der Waals surface area (Å²) in [6, 6.07) is 9.17. The van der Waals surface area contributed by atoms with Crippen LogP contribution in [0, 0.1) is 0 Å². The first-order valence-electron chi connectivity index (χ1n) is 9.47. The van der Waals surface area contributed by atoms with Gasteiger partial charge in [-0.05, 0) is 37.1 Å². The summed E-state index contributed by atoms with van der Waals surface area (Å²) in [5, 5.41) is 2.91. The van der Waals surface area contributed by atoms with Gasteiger partial charge in [-0.2, -0.15) is 13.2 Å². The van der Waals surface area contributed by atoms with E-state index in [0.717, 1.165) is 12.3 Å². The molecule has 1 aliphatic rings. The van der Waals surface area contributed by atoms with Crippen LogP contribution in [0.3, 0.4) is 0 Å². The highest BCUT2D eigenvalue weighted by Crippen LogP contribution is 2.29. The van der Waals surface area contributed by atoms with Gasteiger partial charge in [0.2, 0.25) is 5.91 Å². The van der Waals surface area contributed by atoms with Crippen LogP contribution in [0.4, 0.5) is 19.0 Å². The number of nitrogens with one attached hydrogen (secondary N) is 1. The SMILES string of the molecule is O=C(Cn1c(=O)oc2ccccc21)NC1CCN(c2ccc(C(F)(F)F)cn2)CC1. The van der Waals surface area contributed by atoms with E-state index in [4.69, 9.17) is 4.42 Å². The first-order valence-corrected chi connectivity index (χ1v) is 9.47. The Morgan fingerprint density at radius 1 is 1.17 bits per heavy atom. The normalized spacial score (nSPS) is 15.5. The molecule has 0 bridgehead atoms. The third-order valence-electron chi connectivity index (χ3n) is 5.13. The van der Waals surface area contributed by atoms with Crippen LogP contribution in [-0.2, 0) is 17.5 Å². The fraction of sp³-hybridized carbons (Fsp3) is 0.350. The van der Waals surface area contributed by atoms with Crippen molar-refractivity contribution in [3.05, 3.63) is 58.7 Å². The Bertz CT molecular complexity index is 1100. The Balaban J connectivity index is 1.33. The van der Waals surface area contributed by atoms with Crippen molar-refractivity contribution in [2.24, 2.45) is 0 Å². The molecule has 2 aromatic heterocycles. The quantitative estimate of drug-likeness (QED) is 0.702. The van der Waals surface area contributed by atoms with Crippen LogP contribution >= 0.6 is 0 Å². The van der Waals surface area contributed by atoms with Crippen LogP contribution in [0.2, 0.25) is 0 Å². The molecule has 1 aliphatic heterocycles. The molecule has 1 fully saturated rings. The lowest BCUT2D eigenvalue weighted by Crippen LogP contribution is -2.46. The molecule has 0 atom stereocenters. The maximum Gasteiger partial charge on any atom is 0.420 e. The van der Waals surface area contributed by atoms with Crippen molar-refractivity contribution in [3.8, 4) is 0 Å². The van der Waals surface area contributed by atoms with Crippen molar-refractivity contribution in [1.29, 1.82) is 0 Å². The van der Waals surface area contributed by atoms with Gasteiger partial charge in [0.05, 0.1) is 11.1 Å². The van der Waals surface area contributed by atoms with E-state index in [1.165, 1.54) is 10.6 Å². The van der Waals surface area contributed by atoms with Gasteiger partial charge in [-0.3, -0.25) is 9.36 Å². The third kappa shape index (κ3) is 4.17. The van der Waals surface area contributed by atoms with E-state index in [9.17, 15) is 22.8 Å². The number of hydrogen-bond donors (Lipinski definition) is 1. The molecular weight excluding hydrogens is 401 g/mol. The van der Waals surface area contributed by atoms with Crippen LogP contribution < -0.4 is 16.0 Å². The maximum atomic E-state index is 12.7. The largest absolute Gasteiger partial charge is 0.420 e. The topological polar surface area (TPSA) is 80.4 Å². The second kappa shape index (κ2) is 7.85. The van der Waals surface area contributed by atoms with Crippen LogP contribution in [0.15, 0.2) is 51.8 Å². The van der Waals surface area contributed by atoms with Crippen molar-refractivity contribution in [3.63, 3.8) is 0 Å². The lowest BCUT2D eigenvalue weighted by molar-refractivity contribution is -0.137. The summed E-state index contributed by atoms with van der Waals surface area (Å²) in [4.78, 5) is 30.2. The summed E-state index contributed by atoms with van der Waals surface area (Å²) in [5.74, 6) is -0.409. The number of piperidine rings is 1. The molecule has 1 saturated heterocycles. The molecule has 1 amide bonds. The predicted molar refractivity (Wildman–Crippen MR) is 103 cm³/mol. The second-order valence-corrected chi connectivity index (χ2v) is 7.15. The van der Waals surface area contributed by atoms with Gasteiger partial charge in [0.15, 0.2) is 5.58 Å². The molecule has 0 unspecified atom stereocenters. The number of carbonyl (C=O) groups excluding carboxylic acids is 1. The standard InChI is InChI=1S/C20H19F3N4O3/c21-20(22,23)13-5-6-17(24-11-13)26-9-7-14(8-10-26)25-18(28)12-27-15-3-1-2-4-16(15)30-19(27)29/h1-6,11,14H,7-10,12H2,(H,25,28). The van der Waals surface area contributed by atoms with E-state index in [1.807, 2.05) is 4.90 Å². The third-order valence-corrected chi connectivity index (χ3v) is 5.13. The Morgan fingerprint density at radius 2 is 1.90 bits per heavy atom. The first kappa shape index (κ1) is 20.0. The predicted octanol–water partition coefficient (Wildman–Crippen LogP) is 2.79. The summed E-state index contributed by atoms with van der Waals surface area (Å²) >= 11 is 0. The number of anilines is 1. The number of halogens is 3. The molecule has 3 aromatic rings. The zero-order valence-electron chi connectivity index (χ0n) is 15.9. The molecule has 0 radical (unpaired) electrons. The molecule has 0 saturated carbocycles. The van der Waals surface area contributed by atoms with E-state index >= 15 is 0 Å². The number of amides is 1. The lowest BCUT2D eigenvalue weighted by atomic mass is 10.0. The van der Waals surface area contributed by atoms with Gasteiger partial charge in [-0.15, -0.1) is 0 Å². The smallest absolute Gasteiger partial charge is 0.408 e. The number of hydrogen-bond acceptors (Lipinski definition) is 5. The van der Waals surface area contributed by atoms with Crippen molar-refractivity contribution in [2.45, 2.75) is 31.6 Å². The van der Waals surface area contributed by atoms with Crippen molar-refractivity contribution >= 4 is 22.8 Å². The Labute approximate surface area is 169 Å².